The zero-order valence-electron chi connectivity index (χ0n) is 7.88. The molecule has 0 bridgehead atoms. The van der Waals surface area contributed by atoms with Gasteiger partial charge in [0.2, 0.25) is 5.95 Å². The van der Waals surface area contributed by atoms with Gasteiger partial charge in [-0.15, -0.1) is 24.8 Å². The zero-order chi connectivity index (χ0) is 8.55. The smallest absolute Gasteiger partial charge is 0.225 e. The van der Waals surface area contributed by atoms with Crippen LogP contribution >= 0.6 is 24.8 Å². The van der Waals surface area contributed by atoms with E-state index in [4.69, 9.17) is 5.73 Å². The highest BCUT2D eigenvalue weighted by molar-refractivity contribution is 5.85. The van der Waals surface area contributed by atoms with Gasteiger partial charge in [0.05, 0.1) is 0 Å². The molecule has 80 valence electrons. The molecule has 1 fully saturated rings. The molecule has 0 spiro atoms. The van der Waals surface area contributed by atoms with E-state index < -0.39 is 0 Å². The Labute approximate surface area is 95.7 Å². The van der Waals surface area contributed by atoms with Crippen LogP contribution in [0.5, 0.6) is 0 Å². The number of nitrogens with zero attached hydrogens (tertiary/aromatic N) is 3. The summed E-state index contributed by atoms with van der Waals surface area (Å²) < 4.78 is 0. The molecule has 4 nitrogen and oxygen atoms in total. The van der Waals surface area contributed by atoms with E-state index in [1.54, 1.807) is 0 Å². The maximum absolute atomic E-state index is 5.64. The van der Waals surface area contributed by atoms with Crippen molar-refractivity contribution in [2.24, 2.45) is 5.73 Å². The first-order valence-corrected chi connectivity index (χ1v) is 4.05. The molecule has 1 aliphatic heterocycles. The summed E-state index contributed by atoms with van der Waals surface area (Å²) >= 11 is 0. The highest BCUT2D eigenvalue weighted by Gasteiger charge is 2.24. The quantitative estimate of drug-likeness (QED) is 0.784. The Kier molecular flexibility index (Phi) is 5.12. The van der Waals surface area contributed by atoms with Gasteiger partial charge in [0.1, 0.15) is 0 Å². The Morgan fingerprint density at radius 2 is 1.79 bits per heavy atom. The number of rotatable bonds is 1. The molecule has 0 saturated carbocycles. The molecular formula is C8H14Cl2N4. The van der Waals surface area contributed by atoms with Gasteiger partial charge in [0, 0.05) is 31.5 Å². The highest BCUT2D eigenvalue weighted by atomic mass is 35.5. The Hall–Kier alpha value is -0.580. The Bertz CT molecular complexity index is 271. The van der Waals surface area contributed by atoms with E-state index in [-0.39, 0.29) is 24.8 Å². The Balaban J connectivity index is 0.000000845. The van der Waals surface area contributed by atoms with E-state index in [1.165, 1.54) is 0 Å². The Morgan fingerprint density at radius 3 is 2.21 bits per heavy atom. The summed E-state index contributed by atoms with van der Waals surface area (Å²) in [5.74, 6) is 0.794. The molecule has 0 aromatic carbocycles. The van der Waals surface area contributed by atoms with Gasteiger partial charge in [0.25, 0.3) is 0 Å². The van der Waals surface area contributed by atoms with E-state index in [9.17, 15) is 0 Å². The number of aromatic nitrogens is 2. The topological polar surface area (TPSA) is 55.0 Å². The maximum Gasteiger partial charge on any atom is 0.225 e. The molecule has 1 aromatic rings. The third kappa shape index (κ3) is 2.70. The molecule has 1 aromatic heterocycles. The monoisotopic (exact) mass is 236 g/mol. The van der Waals surface area contributed by atoms with Crippen molar-refractivity contribution in [2.75, 3.05) is 18.0 Å². The number of hydrogen-bond donors (Lipinski definition) is 1. The first-order chi connectivity index (χ1) is 5.75. The van der Waals surface area contributed by atoms with Gasteiger partial charge in [-0.25, -0.2) is 9.97 Å². The van der Waals surface area contributed by atoms with Crippen molar-refractivity contribution in [1.82, 2.24) is 9.97 Å². The molecule has 6 heteroatoms. The van der Waals surface area contributed by atoms with Crippen molar-refractivity contribution >= 4 is 30.8 Å². The summed E-state index contributed by atoms with van der Waals surface area (Å²) in [4.78, 5) is 10.5. The lowest BCUT2D eigenvalue weighted by atomic mass is 10.1. The van der Waals surface area contributed by atoms with Gasteiger partial charge in [-0.3, -0.25) is 0 Å². The van der Waals surface area contributed by atoms with Crippen LogP contribution in [0.3, 0.4) is 0 Å². The predicted octanol–water partition coefficient (Wildman–Crippen LogP) is 0.776. The number of anilines is 1. The second-order valence-corrected chi connectivity index (χ2v) is 3.23. The van der Waals surface area contributed by atoms with Crippen LogP contribution in [-0.2, 0) is 0 Å². The third-order valence-corrected chi connectivity index (χ3v) is 1.96. The van der Waals surface area contributed by atoms with Crippen molar-refractivity contribution in [1.29, 1.82) is 0 Å². The molecule has 14 heavy (non-hydrogen) atoms. The third-order valence-electron chi connectivity index (χ3n) is 1.96. The van der Waals surface area contributed by atoms with Crippen LogP contribution < -0.4 is 10.6 Å². The lowest BCUT2D eigenvalue weighted by Crippen LogP contribution is -2.56. The molecule has 0 radical (unpaired) electrons. The lowest BCUT2D eigenvalue weighted by Gasteiger charge is -2.36. The minimum atomic E-state index is 0. The first-order valence-electron chi connectivity index (χ1n) is 4.05. The molecule has 0 atom stereocenters. The van der Waals surface area contributed by atoms with Crippen molar-refractivity contribution in [3.63, 3.8) is 0 Å². The van der Waals surface area contributed by atoms with Gasteiger partial charge < -0.3 is 10.6 Å². The van der Waals surface area contributed by atoms with Crippen LogP contribution in [0.2, 0.25) is 0 Å². The number of aryl methyl sites for hydroxylation is 1. The maximum atomic E-state index is 5.64. The number of halogens is 2. The van der Waals surface area contributed by atoms with Crippen molar-refractivity contribution in [2.45, 2.75) is 13.0 Å². The molecule has 0 amide bonds. The molecule has 2 N–H and O–H groups in total. The number of nitrogens with two attached hydrogens (primary N) is 1. The average Bonchev–Trinajstić information content (AvgIpc) is 2.01. The van der Waals surface area contributed by atoms with Crippen LogP contribution in [0, 0.1) is 6.92 Å². The van der Waals surface area contributed by atoms with Gasteiger partial charge in [-0.1, -0.05) is 0 Å². The van der Waals surface area contributed by atoms with Crippen LogP contribution in [0.25, 0.3) is 0 Å². The Morgan fingerprint density at radius 1 is 1.29 bits per heavy atom. The lowest BCUT2D eigenvalue weighted by molar-refractivity contribution is 0.508. The van der Waals surface area contributed by atoms with Crippen LogP contribution in [0.4, 0.5) is 5.95 Å². The van der Waals surface area contributed by atoms with Crippen LogP contribution in [0.15, 0.2) is 12.4 Å². The molecule has 1 saturated heterocycles. The molecule has 1 aliphatic rings. The van der Waals surface area contributed by atoms with Gasteiger partial charge in [0.15, 0.2) is 0 Å². The first kappa shape index (κ1) is 13.4. The summed E-state index contributed by atoms with van der Waals surface area (Å²) in [6, 6.07) is 0.301. The predicted molar refractivity (Wildman–Crippen MR) is 61.5 cm³/mol. The fourth-order valence-electron chi connectivity index (χ4n) is 1.23. The number of hydrogen-bond acceptors (Lipinski definition) is 4. The fraction of sp³-hybridized carbons (Fsp3) is 0.500. The van der Waals surface area contributed by atoms with Crippen molar-refractivity contribution < 1.29 is 0 Å². The summed E-state index contributed by atoms with van der Waals surface area (Å²) in [6.45, 7) is 3.73. The summed E-state index contributed by atoms with van der Waals surface area (Å²) in [5.41, 5.74) is 6.73. The van der Waals surface area contributed by atoms with Gasteiger partial charge in [-0.2, -0.15) is 0 Å². The van der Waals surface area contributed by atoms with Crippen LogP contribution in [-0.4, -0.2) is 29.1 Å². The zero-order valence-corrected chi connectivity index (χ0v) is 9.51. The largest absolute Gasteiger partial charge is 0.338 e. The summed E-state index contributed by atoms with van der Waals surface area (Å²) in [5, 5.41) is 0. The molecule has 0 unspecified atom stereocenters. The molecule has 2 rings (SSSR count). The molecule has 0 aliphatic carbocycles. The van der Waals surface area contributed by atoms with Gasteiger partial charge >= 0.3 is 0 Å². The van der Waals surface area contributed by atoms with Crippen molar-refractivity contribution in [3.05, 3.63) is 18.0 Å². The summed E-state index contributed by atoms with van der Waals surface area (Å²) in [7, 11) is 0. The average molecular weight is 237 g/mol. The molecule has 2 heterocycles. The van der Waals surface area contributed by atoms with Gasteiger partial charge in [-0.05, 0) is 12.5 Å². The second kappa shape index (κ2) is 5.34. The van der Waals surface area contributed by atoms with E-state index in [0.717, 1.165) is 24.6 Å². The van der Waals surface area contributed by atoms with E-state index in [1.807, 2.05) is 19.3 Å². The van der Waals surface area contributed by atoms with Crippen LogP contribution in [0.1, 0.15) is 5.56 Å². The minimum absolute atomic E-state index is 0. The highest BCUT2D eigenvalue weighted by Crippen LogP contribution is 2.13. The van der Waals surface area contributed by atoms with E-state index in [2.05, 4.69) is 14.9 Å². The van der Waals surface area contributed by atoms with E-state index >= 15 is 0 Å². The second-order valence-electron chi connectivity index (χ2n) is 3.23. The minimum Gasteiger partial charge on any atom is -0.338 e. The SMILES string of the molecule is Cc1cnc(N2CC(N)C2)nc1.Cl.Cl. The fourth-order valence-corrected chi connectivity index (χ4v) is 1.23. The summed E-state index contributed by atoms with van der Waals surface area (Å²) in [6.07, 6.45) is 3.65. The van der Waals surface area contributed by atoms with Crippen molar-refractivity contribution in [3.8, 4) is 0 Å². The molecular weight excluding hydrogens is 223 g/mol. The standard InChI is InChI=1S/C8H12N4.2ClH/c1-6-2-10-8(11-3-6)12-4-7(9)5-12;;/h2-3,7H,4-5,9H2,1H3;2*1H. The normalized spacial score (nSPS) is 15.1. The van der Waals surface area contributed by atoms with E-state index in [0.29, 0.717) is 6.04 Å².